The van der Waals surface area contributed by atoms with E-state index in [1.165, 1.54) is 16.4 Å². The maximum Gasteiger partial charge on any atom is 0.281 e. The predicted octanol–water partition coefficient (Wildman–Crippen LogP) is 3.48. The Labute approximate surface area is 176 Å². The highest BCUT2D eigenvalue weighted by Gasteiger charge is 2.15. The number of nitrogens with zero attached hydrogens (tertiary/aromatic N) is 3. The number of methoxy groups -OCH3 is 1. The summed E-state index contributed by atoms with van der Waals surface area (Å²) in [5.74, 6) is 0.778. The van der Waals surface area contributed by atoms with Gasteiger partial charge in [0, 0.05) is 23.7 Å². The third-order valence-electron chi connectivity index (χ3n) is 4.40. The normalized spacial score (nSPS) is 10.7. The van der Waals surface area contributed by atoms with Gasteiger partial charge >= 0.3 is 0 Å². The number of benzene rings is 2. The first-order valence-corrected chi connectivity index (χ1v) is 10.1. The van der Waals surface area contributed by atoms with Crippen molar-refractivity contribution in [1.82, 2.24) is 14.6 Å². The molecule has 0 radical (unpaired) electrons. The topological polar surface area (TPSA) is 86.1 Å². The van der Waals surface area contributed by atoms with Gasteiger partial charge in [0.2, 0.25) is 0 Å². The van der Waals surface area contributed by atoms with Crippen molar-refractivity contribution < 1.29 is 9.53 Å². The van der Waals surface area contributed by atoms with E-state index in [1.54, 1.807) is 62.0 Å². The summed E-state index contributed by atoms with van der Waals surface area (Å²) in [6.45, 7) is 0. The molecule has 0 aliphatic heterocycles. The summed E-state index contributed by atoms with van der Waals surface area (Å²) in [5, 5.41) is 0.822. The van der Waals surface area contributed by atoms with E-state index in [4.69, 9.17) is 4.74 Å². The van der Waals surface area contributed by atoms with Crippen molar-refractivity contribution in [2.45, 2.75) is 10.9 Å². The zero-order chi connectivity index (χ0) is 20.9. The number of thioether (sulfide) groups is 1. The summed E-state index contributed by atoms with van der Waals surface area (Å²) in [5.41, 5.74) is 4.31. The highest BCUT2D eigenvalue weighted by molar-refractivity contribution is 7.98. The minimum Gasteiger partial charge on any atom is -0.497 e. The van der Waals surface area contributed by atoms with Crippen LogP contribution in [0.5, 0.6) is 5.75 Å². The number of carbonyl (C=O) groups excluding carboxylic acids is 1. The van der Waals surface area contributed by atoms with Crippen molar-refractivity contribution in [1.29, 1.82) is 0 Å². The van der Waals surface area contributed by atoms with E-state index in [0.717, 1.165) is 5.56 Å². The molecule has 2 aromatic heterocycles. The number of aromatic nitrogens is 3. The maximum atomic E-state index is 13.1. The van der Waals surface area contributed by atoms with E-state index in [-0.39, 0.29) is 5.56 Å². The molecular formula is C22H18N4O3S. The number of ether oxygens (including phenoxy) is 1. The first-order chi connectivity index (χ1) is 14.7. The van der Waals surface area contributed by atoms with E-state index in [0.29, 0.717) is 33.1 Å². The quantitative estimate of drug-likeness (QED) is 0.381. The molecule has 8 heteroatoms. The largest absolute Gasteiger partial charge is 0.497 e. The van der Waals surface area contributed by atoms with Crippen LogP contribution in [0.3, 0.4) is 0 Å². The third kappa shape index (κ3) is 4.18. The lowest BCUT2D eigenvalue weighted by atomic mass is 10.2. The highest BCUT2D eigenvalue weighted by atomic mass is 32.2. The van der Waals surface area contributed by atoms with Crippen LogP contribution < -0.4 is 15.7 Å². The average molecular weight is 418 g/mol. The van der Waals surface area contributed by atoms with Crippen LogP contribution in [-0.2, 0) is 5.75 Å². The van der Waals surface area contributed by atoms with Crippen LogP contribution in [0.2, 0.25) is 0 Å². The highest BCUT2D eigenvalue weighted by Crippen LogP contribution is 2.21. The molecule has 2 aromatic carbocycles. The van der Waals surface area contributed by atoms with Crippen LogP contribution >= 0.6 is 11.8 Å². The van der Waals surface area contributed by atoms with Crippen LogP contribution in [0.25, 0.3) is 10.9 Å². The van der Waals surface area contributed by atoms with Crippen LogP contribution in [0.1, 0.15) is 15.9 Å². The molecule has 1 amide bonds. The lowest BCUT2D eigenvalue weighted by molar-refractivity contribution is 0.100. The summed E-state index contributed by atoms with van der Waals surface area (Å²) < 4.78 is 6.33. The Morgan fingerprint density at radius 2 is 1.90 bits per heavy atom. The van der Waals surface area contributed by atoms with Gasteiger partial charge in [-0.25, -0.2) is 4.98 Å². The molecule has 0 atom stereocenters. The second-order valence-electron chi connectivity index (χ2n) is 6.37. The fourth-order valence-electron chi connectivity index (χ4n) is 2.85. The average Bonchev–Trinajstić information content (AvgIpc) is 2.80. The number of hydrogen-bond donors (Lipinski definition) is 1. The number of fused-ring (bicyclic) bond motifs is 1. The smallest absolute Gasteiger partial charge is 0.281 e. The molecule has 0 bridgehead atoms. The molecule has 0 unspecified atom stereocenters. The van der Waals surface area contributed by atoms with Crippen molar-refractivity contribution in [3.05, 3.63) is 94.5 Å². The van der Waals surface area contributed by atoms with Gasteiger partial charge in [0.25, 0.3) is 11.5 Å². The van der Waals surface area contributed by atoms with E-state index in [9.17, 15) is 9.59 Å². The zero-order valence-electron chi connectivity index (χ0n) is 16.1. The van der Waals surface area contributed by atoms with Crippen molar-refractivity contribution in [3.63, 3.8) is 0 Å². The van der Waals surface area contributed by atoms with Gasteiger partial charge in [0.1, 0.15) is 5.75 Å². The zero-order valence-corrected chi connectivity index (χ0v) is 16.9. The fourth-order valence-corrected chi connectivity index (χ4v) is 3.73. The molecule has 0 aliphatic rings. The van der Waals surface area contributed by atoms with Crippen LogP contribution in [0.4, 0.5) is 0 Å². The van der Waals surface area contributed by atoms with Gasteiger partial charge in [-0.05, 0) is 48.0 Å². The maximum absolute atomic E-state index is 13.1. The summed E-state index contributed by atoms with van der Waals surface area (Å²) in [7, 11) is 1.56. The van der Waals surface area contributed by atoms with Crippen LogP contribution in [0.15, 0.2) is 83.0 Å². The Bertz CT molecular complexity index is 1240. The van der Waals surface area contributed by atoms with E-state index in [2.05, 4.69) is 15.4 Å². The van der Waals surface area contributed by atoms with Crippen molar-refractivity contribution in [3.8, 4) is 5.75 Å². The Morgan fingerprint density at radius 3 is 2.63 bits per heavy atom. The molecule has 0 spiro atoms. The van der Waals surface area contributed by atoms with Gasteiger partial charge in [-0.3, -0.25) is 20.0 Å². The Kier molecular flexibility index (Phi) is 5.76. The molecule has 4 aromatic rings. The molecule has 4 rings (SSSR count). The second kappa shape index (κ2) is 8.79. The molecule has 150 valence electrons. The molecule has 0 aliphatic carbocycles. The fraction of sp³-hybridized carbons (Fsp3) is 0.0909. The van der Waals surface area contributed by atoms with Gasteiger partial charge < -0.3 is 4.74 Å². The van der Waals surface area contributed by atoms with Crippen LogP contribution in [0, 0.1) is 0 Å². The predicted molar refractivity (Wildman–Crippen MR) is 116 cm³/mol. The molecule has 0 saturated heterocycles. The molecule has 7 nitrogen and oxygen atoms in total. The first kappa shape index (κ1) is 19.7. The molecular weight excluding hydrogens is 400 g/mol. The van der Waals surface area contributed by atoms with Crippen LogP contribution in [-0.4, -0.2) is 27.7 Å². The lowest BCUT2D eigenvalue weighted by Gasteiger charge is -2.14. The third-order valence-corrected chi connectivity index (χ3v) is 5.41. The molecule has 30 heavy (non-hydrogen) atoms. The van der Waals surface area contributed by atoms with Gasteiger partial charge in [-0.1, -0.05) is 30.0 Å². The summed E-state index contributed by atoms with van der Waals surface area (Å²) >= 11 is 1.35. The number of carbonyl (C=O) groups is 1. The molecule has 0 saturated carbocycles. The number of rotatable bonds is 6. The summed E-state index contributed by atoms with van der Waals surface area (Å²) in [4.78, 5) is 34.6. The van der Waals surface area contributed by atoms with Crippen molar-refractivity contribution in [2.75, 3.05) is 12.5 Å². The Hall–Kier alpha value is -3.65. The van der Waals surface area contributed by atoms with Crippen molar-refractivity contribution in [2.24, 2.45) is 0 Å². The number of nitrogens with one attached hydrogen (secondary N) is 1. The Balaban J connectivity index is 1.69. The summed E-state index contributed by atoms with van der Waals surface area (Å²) in [6, 6.07) is 17.5. The number of amides is 1. The number of para-hydroxylation sites is 1. The second-order valence-corrected chi connectivity index (χ2v) is 7.31. The van der Waals surface area contributed by atoms with Gasteiger partial charge in [-0.2, -0.15) is 4.68 Å². The molecule has 0 fully saturated rings. The first-order valence-electron chi connectivity index (χ1n) is 9.14. The van der Waals surface area contributed by atoms with Gasteiger partial charge in [0.05, 0.1) is 18.0 Å². The monoisotopic (exact) mass is 418 g/mol. The molecule has 1 N–H and O–H groups in total. The van der Waals surface area contributed by atoms with E-state index < -0.39 is 5.91 Å². The van der Waals surface area contributed by atoms with Gasteiger partial charge in [-0.15, -0.1) is 0 Å². The van der Waals surface area contributed by atoms with Crippen molar-refractivity contribution >= 4 is 28.6 Å². The minimum absolute atomic E-state index is 0.337. The lowest BCUT2D eigenvalue weighted by Crippen LogP contribution is -2.35. The minimum atomic E-state index is -0.417. The molecule has 2 heterocycles. The van der Waals surface area contributed by atoms with E-state index >= 15 is 0 Å². The van der Waals surface area contributed by atoms with Gasteiger partial charge in [0.15, 0.2) is 5.16 Å². The number of pyridine rings is 1. The Morgan fingerprint density at radius 1 is 1.10 bits per heavy atom. The van der Waals surface area contributed by atoms with E-state index in [1.807, 2.05) is 18.2 Å². The standard InChI is InChI=1S/C22H18N4O3S/c1-29-17-10-8-16(9-11-17)20(27)25-26-21(28)18-6-2-3-7-19(18)24-22(26)30-14-15-5-4-12-23-13-15/h2-13H,14H2,1H3,(H,25,27). The SMILES string of the molecule is COc1ccc(C(=O)Nn2c(SCc3cccnc3)nc3ccccc3c2=O)cc1. The number of hydrogen-bond acceptors (Lipinski definition) is 6. The summed E-state index contributed by atoms with van der Waals surface area (Å²) in [6.07, 6.45) is 3.46.